The summed E-state index contributed by atoms with van der Waals surface area (Å²) < 4.78 is 5.33. The predicted molar refractivity (Wildman–Crippen MR) is 78.1 cm³/mol. The fourth-order valence-electron chi connectivity index (χ4n) is 1.91. The van der Waals surface area contributed by atoms with Crippen LogP contribution in [0.3, 0.4) is 0 Å². The Bertz CT molecular complexity index is 255. The van der Waals surface area contributed by atoms with E-state index in [4.69, 9.17) is 4.41 Å². The Morgan fingerprint density at radius 1 is 0.800 bits per heavy atom. The van der Waals surface area contributed by atoms with Crippen molar-refractivity contribution in [2.45, 2.75) is 71.5 Å². The van der Waals surface area contributed by atoms with Crippen molar-refractivity contribution in [1.29, 1.82) is 0 Å². The zero-order valence-corrected chi connectivity index (χ0v) is 14.3. The quantitative estimate of drug-likeness (QED) is 0.443. The van der Waals surface area contributed by atoms with Crippen molar-refractivity contribution in [3.8, 4) is 0 Å². The lowest BCUT2D eigenvalue weighted by molar-refractivity contribution is 0.699. The van der Waals surface area contributed by atoms with Gasteiger partial charge in [0.25, 0.3) is 0 Å². The van der Waals surface area contributed by atoms with Gasteiger partial charge in [-0.05, 0) is 24.0 Å². The SMILES string of the molecule is CC(C)(C)P(C)(=N[Si](C)(C)C)C(C)(C)C. The molecule has 0 fully saturated rings. The van der Waals surface area contributed by atoms with Gasteiger partial charge in [0.15, 0.2) is 8.24 Å². The van der Waals surface area contributed by atoms with E-state index >= 15 is 0 Å². The highest BCUT2D eigenvalue weighted by atomic mass is 31.2. The smallest absolute Gasteiger partial charge is 0.170 e. The Morgan fingerprint density at radius 2 is 1.07 bits per heavy atom. The van der Waals surface area contributed by atoms with Gasteiger partial charge in [0, 0.05) is 0 Å². The van der Waals surface area contributed by atoms with Crippen molar-refractivity contribution in [3.05, 3.63) is 0 Å². The minimum Gasteiger partial charge on any atom is -0.337 e. The number of hydrogen-bond donors (Lipinski definition) is 0. The van der Waals surface area contributed by atoms with Gasteiger partial charge in [-0.3, -0.25) is 0 Å². The third kappa shape index (κ3) is 3.74. The van der Waals surface area contributed by atoms with Crippen LogP contribution in [0.2, 0.25) is 19.6 Å². The minimum atomic E-state index is -1.34. The molecule has 0 bridgehead atoms. The second-order valence-corrected chi connectivity index (χ2v) is 17.3. The average Bonchev–Trinajstić information content (AvgIpc) is 1.77. The molecular formula is C12H30NPSi. The lowest BCUT2D eigenvalue weighted by Gasteiger charge is -2.46. The van der Waals surface area contributed by atoms with E-state index in [0.717, 1.165) is 0 Å². The summed E-state index contributed by atoms with van der Waals surface area (Å²) >= 11 is 0. The summed E-state index contributed by atoms with van der Waals surface area (Å²) in [5, 5.41) is 0.650. The van der Waals surface area contributed by atoms with Gasteiger partial charge < -0.3 is 4.41 Å². The second-order valence-electron chi connectivity index (χ2n) is 7.57. The molecule has 0 N–H and O–H groups in total. The van der Waals surface area contributed by atoms with E-state index in [-0.39, 0.29) is 0 Å². The van der Waals surface area contributed by atoms with Crippen LogP contribution >= 0.6 is 7.05 Å². The van der Waals surface area contributed by atoms with Crippen molar-refractivity contribution < 1.29 is 0 Å². The van der Waals surface area contributed by atoms with Crippen molar-refractivity contribution in [2.24, 2.45) is 4.41 Å². The summed E-state index contributed by atoms with van der Waals surface area (Å²) in [6.45, 7) is 23.6. The predicted octanol–water partition coefficient (Wildman–Crippen LogP) is 5.25. The first-order valence-corrected chi connectivity index (χ1v) is 11.5. The van der Waals surface area contributed by atoms with Crippen LogP contribution in [0.5, 0.6) is 0 Å². The van der Waals surface area contributed by atoms with E-state index in [1.807, 2.05) is 0 Å². The first kappa shape index (κ1) is 15.4. The van der Waals surface area contributed by atoms with Gasteiger partial charge >= 0.3 is 0 Å². The fourth-order valence-corrected chi connectivity index (χ4v) is 11.1. The standard InChI is InChI=1S/C12H30NPSi/c1-11(2,3)14(7,12(4,5)6)13-15(8,9)10/h1-10H3. The van der Waals surface area contributed by atoms with Gasteiger partial charge in [-0.15, -0.1) is 0 Å². The molecule has 0 rings (SSSR count). The molecule has 0 aromatic carbocycles. The van der Waals surface area contributed by atoms with E-state index in [0.29, 0.717) is 10.3 Å². The van der Waals surface area contributed by atoms with Crippen molar-refractivity contribution >= 4 is 15.3 Å². The highest BCUT2D eigenvalue weighted by Gasteiger charge is 2.40. The Kier molecular flexibility index (Phi) is 4.15. The van der Waals surface area contributed by atoms with Crippen LogP contribution in [-0.4, -0.2) is 25.2 Å². The normalized spacial score (nSPS) is 15.3. The maximum atomic E-state index is 5.33. The van der Waals surface area contributed by atoms with Crippen molar-refractivity contribution in [1.82, 2.24) is 0 Å². The summed E-state index contributed by atoms with van der Waals surface area (Å²) in [6.07, 6.45) is 0. The molecule has 1 nitrogen and oxygen atoms in total. The maximum Gasteiger partial charge on any atom is 0.170 e. The molecule has 0 radical (unpaired) electrons. The van der Waals surface area contributed by atoms with Gasteiger partial charge in [0.2, 0.25) is 0 Å². The van der Waals surface area contributed by atoms with Crippen LogP contribution in [0.25, 0.3) is 0 Å². The molecular weight excluding hydrogens is 217 g/mol. The van der Waals surface area contributed by atoms with Crippen LogP contribution in [-0.2, 0) is 0 Å². The molecule has 92 valence electrons. The summed E-state index contributed by atoms with van der Waals surface area (Å²) in [4.78, 5) is 0. The van der Waals surface area contributed by atoms with Gasteiger partial charge in [-0.2, -0.15) is 0 Å². The van der Waals surface area contributed by atoms with Gasteiger partial charge in [0.1, 0.15) is 0 Å². The molecule has 0 aliphatic heterocycles. The third-order valence-electron chi connectivity index (χ3n) is 3.11. The molecule has 3 heteroatoms. The molecule has 0 aliphatic carbocycles. The summed E-state index contributed by atoms with van der Waals surface area (Å²) in [6, 6.07) is 0. The summed E-state index contributed by atoms with van der Waals surface area (Å²) in [5.41, 5.74) is 0. The van der Waals surface area contributed by atoms with E-state index in [2.05, 4.69) is 67.8 Å². The number of hydrogen-bond acceptors (Lipinski definition) is 1. The van der Waals surface area contributed by atoms with E-state index in [1.54, 1.807) is 0 Å². The zero-order chi connectivity index (χ0) is 12.7. The van der Waals surface area contributed by atoms with Gasteiger partial charge in [-0.25, -0.2) is 0 Å². The minimum absolute atomic E-state index is 0.325. The zero-order valence-electron chi connectivity index (χ0n) is 12.4. The molecule has 0 spiro atoms. The Morgan fingerprint density at radius 3 is 1.13 bits per heavy atom. The van der Waals surface area contributed by atoms with Gasteiger partial charge in [-0.1, -0.05) is 61.2 Å². The van der Waals surface area contributed by atoms with Crippen molar-refractivity contribution in [2.75, 3.05) is 6.66 Å². The fraction of sp³-hybridized carbons (Fsp3) is 1.00. The molecule has 0 aromatic heterocycles. The molecule has 0 aromatic rings. The lowest BCUT2D eigenvalue weighted by atomic mass is 10.2. The first-order chi connectivity index (χ1) is 6.21. The Balaban J connectivity index is 5.77. The monoisotopic (exact) mass is 247 g/mol. The van der Waals surface area contributed by atoms with E-state index in [1.165, 1.54) is 0 Å². The highest BCUT2D eigenvalue weighted by Crippen LogP contribution is 2.67. The lowest BCUT2D eigenvalue weighted by Crippen LogP contribution is -2.31. The molecule has 0 saturated heterocycles. The van der Waals surface area contributed by atoms with Crippen LogP contribution in [0.1, 0.15) is 41.5 Å². The molecule has 0 heterocycles. The highest BCUT2D eigenvalue weighted by molar-refractivity contribution is 7.69. The molecule has 0 unspecified atom stereocenters. The second kappa shape index (κ2) is 4.03. The number of rotatable bonds is 1. The van der Waals surface area contributed by atoms with Crippen LogP contribution in [0, 0.1) is 0 Å². The average molecular weight is 247 g/mol. The Labute approximate surface area is 98.2 Å². The molecule has 0 atom stereocenters. The van der Waals surface area contributed by atoms with E-state index < -0.39 is 15.3 Å². The number of nitrogens with zero attached hydrogens (tertiary/aromatic N) is 1. The van der Waals surface area contributed by atoms with Crippen LogP contribution < -0.4 is 0 Å². The largest absolute Gasteiger partial charge is 0.337 e. The summed E-state index contributed by atoms with van der Waals surface area (Å²) in [7, 11) is -2.61. The third-order valence-corrected chi connectivity index (χ3v) is 12.3. The van der Waals surface area contributed by atoms with Crippen LogP contribution in [0.15, 0.2) is 4.41 Å². The van der Waals surface area contributed by atoms with Crippen LogP contribution in [0.4, 0.5) is 0 Å². The van der Waals surface area contributed by atoms with E-state index in [9.17, 15) is 0 Å². The van der Waals surface area contributed by atoms with Gasteiger partial charge in [0.05, 0.1) is 0 Å². The molecule has 0 amide bonds. The first-order valence-electron chi connectivity index (χ1n) is 5.82. The molecule has 15 heavy (non-hydrogen) atoms. The maximum absolute atomic E-state index is 5.33. The van der Waals surface area contributed by atoms with Crippen molar-refractivity contribution in [3.63, 3.8) is 0 Å². The Hall–Kier alpha value is 0.447. The topological polar surface area (TPSA) is 12.4 Å². The molecule has 0 saturated carbocycles. The summed E-state index contributed by atoms with van der Waals surface area (Å²) in [5.74, 6) is 0. The molecule has 0 aliphatic rings.